The van der Waals surface area contributed by atoms with E-state index in [-0.39, 0.29) is 10.6 Å². The summed E-state index contributed by atoms with van der Waals surface area (Å²) in [6.45, 7) is 0.387. The van der Waals surface area contributed by atoms with Gasteiger partial charge in [-0.1, -0.05) is 11.6 Å². The summed E-state index contributed by atoms with van der Waals surface area (Å²) in [6.07, 6.45) is 4.43. The summed E-state index contributed by atoms with van der Waals surface area (Å²) in [5, 5.41) is 11.9. The number of carboxylic acid groups (broad SMARTS) is 1. The molecule has 2 heterocycles. The van der Waals surface area contributed by atoms with Crippen LogP contribution >= 0.6 is 11.6 Å². The molecule has 0 atom stereocenters. The molecule has 0 aromatic carbocycles. The second kappa shape index (κ2) is 5.42. The lowest BCUT2D eigenvalue weighted by atomic mass is 10.2. The van der Waals surface area contributed by atoms with Gasteiger partial charge in [-0.3, -0.25) is 0 Å². The molecule has 0 unspecified atom stereocenters. The van der Waals surface area contributed by atoms with Gasteiger partial charge in [0.25, 0.3) is 0 Å². The van der Waals surface area contributed by atoms with Crippen molar-refractivity contribution in [1.29, 1.82) is 0 Å². The van der Waals surface area contributed by atoms with Gasteiger partial charge in [-0.25, -0.2) is 19.7 Å². The molecule has 0 saturated carbocycles. The van der Waals surface area contributed by atoms with Gasteiger partial charge in [0.05, 0.1) is 22.8 Å². The standard InChI is InChI=1S/C11H9ClN4O2/c12-9-8(11(17)18)2-4-14-10(9)15-5-7-1-3-13-6-16-7/h1-4,6H,5H2,(H,14,15)(H,17,18). The van der Waals surface area contributed by atoms with Crippen molar-refractivity contribution in [2.75, 3.05) is 5.32 Å². The van der Waals surface area contributed by atoms with Crippen molar-refractivity contribution in [3.05, 3.63) is 47.1 Å². The SMILES string of the molecule is O=C(O)c1ccnc(NCc2ccncn2)c1Cl. The van der Waals surface area contributed by atoms with Crippen LogP contribution in [0.1, 0.15) is 16.1 Å². The third-order valence-electron chi connectivity index (χ3n) is 2.20. The number of nitrogens with one attached hydrogen (secondary N) is 1. The second-order valence-electron chi connectivity index (χ2n) is 3.38. The van der Waals surface area contributed by atoms with Crippen molar-refractivity contribution in [2.45, 2.75) is 6.54 Å². The molecule has 0 aliphatic rings. The van der Waals surface area contributed by atoms with E-state index in [1.807, 2.05) is 0 Å². The number of rotatable bonds is 4. The number of carbonyl (C=O) groups is 1. The molecule has 0 radical (unpaired) electrons. The van der Waals surface area contributed by atoms with E-state index in [2.05, 4.69) is 20.3 Å². The van der Waals surface area contributed by atoms with E-state index in [9.17, 15) is 4.79 Å². The van der Waals surface area contributed by atoms with Gasteiger partial charge in [-0.15, -0.1) is 0 Å². The maximum atomic E-state index is 10.9. The number of hydrogen-bond donors (Lipinski definition) is 2. The molecule has 0 spiro atoms. The number of anilines is 1. The number of aromatic nitrogens is 3. The molecule has 6 nitrogen and oxygen atoms in total. The van der Waals surface area contributed by atoms with E-state index in [4.69, 9.17) is 16.7 Å². The van der Waals surface area contributed by atoms with Crippen LogP contribution in [0.25, 0.3) is 0 Å². The molecule has 2 rings (SSSR count). The van der Waals surface area contributed by atoms with Crippen LogP contribution in [0.5, 0.6) is 0 Å². The van der Waals surface area contributed by atoms with Crippen molar-refractivity contribution in [1.82, 2.24) is 15.0 Å². The van der Waals surface area contributed by atoms with E-state index in [0.717, 1.165) is 5.69 Å². The summed E-state index contributed by atoms with van der Waals surface area (Å²) < 4.78 is 0. The summed E-state index contributed by atoms with van der Waals surface area (Å²) >= 11 is 5.93. The highest BCUT2D eigenvalue weighted by molar-refractivity contribution is 6.35. The first-order chi connectivity index (χ1) is 8.68. The molecular formula is C11H9ClN4O2. The fraction of sp³-hybridized carbons (Fsp3) is 0.0909. The summed E-state index contributed by atoms with van der Waals surface area (Å²) in [4.78, 5) is 22.7. The Morgan fingerprint density at radius 1 is 1.33 bits per heavy atom. The first-order valence-electron chi connectivity index (χ1n) is 5.05. The molecule has 0 fully saturated rings. The van der Waals surface area contributed by atoms with Crippen LogP contribution in [0.2, 0.25) is 5.02 Å². The Balaban J connectivity index is 2.15. The zero-order valence-electron chi connectivity index (χ0n) is 9.17. The predicted octanol–water partition coefficient (Wildman–Crippen LogP) is 1.84. The van der Waals surface area contributed by atoms with Crippen LogP contribution in [0.4, 0.5) is 5.82 Å². The molecule has 0 saturated heterocycles. The lowest BCUT2D eigenvalue weighted by Gasteiger charge is -2.08. The second-order valence-corrected chi connectivity index (χ2v) is 3.76. The van der Waals surface area contributed by atoms with Gasteiger partial charge in [-0.05, 0) is 12.1 Å². The Hall–Kier alpha value is -2.21. The minimum atomic E-state index is -1.09. The molecular weight excluding hydrogens is 256 g/mol. The summed E-state index contributed by atoms with van der Waals surface area (Å²) in [6, 6.07) is 3.09. The van der Waals surface area contributed by atoms with E-state index < -0.39 is 5.97 Å². The average molecular weight is 265 g/mol. The Morgan fingerprint density at radius 3 is 2.83 bits per heavy atom. The number of hydrogen-bond acceptors (Lipinski definition) is 5. The van der Waals surface area contributed by atoms with Crippen LogP contribution in [0.15, 0.2) is 30.9 Å². The maximum absolute atomic E-state index is 10.9. The van der Waals surface area contributed by atoms with Crippen molar-refractivity contribution < 1.29 is 9.90 Å². The monoisotopic (exact) mass is 264 g/mol. The van der Waals surface area contributed by atoms with E-state index in [1.54, 1.807) is 12.3 Å². The maximum Gasteiger partial charge on any atom is 0.337 e. The first kappa shape index (κ1) is 12.3. The largest absolute Gasteiger partial charge is 0.478 e. The lowest BCUT2D eigenvalue weighted by molar-refractivity contribution is 0.0697. The van der Waals surface area contributed by atoms with Crippen LogP contribution < -0.4 is 5.32 Å². The molecule has 2 aromatic heterocycles. The molecule has 0 aliphatic carbocycles. The highest BCUT2D eigenvalue weighted by Gasteiger charge is 2.12. The van der Waals surface area contributed by atoms with Gasteiger partial charge in [0.2, 0.25) is 0 Å². The Labute approximate surface area is 108 Å². The van der Waals surface area contributed by atoms with Gasteiger partial charge in [0.1, 0.15) is 12.1 Å². The molecule has 0 amide bonds. The number of pyridine rings is 1. The number of halogens is 1. The van der Waals surface area contributed by atoms with Crippen molar-refractivity contribution >= 4 is 23.4 Å². The lowest BCUT2D eigenvalue weighted by Crippen LogP contribution is -2.06. The smallest absolute Gasteiger partial charge is 0.337 e. The highest BCUT2D eigenvalue weighted by Crippen LogP contribution is 2.23. The number of carboxylic acids is 1. The van der Waals surface area contributed by atoms with Crippen molar-refractivity contribution in [2.24, 2.45) is 0 Å². The van der Waals surface area contributed by atoms with E-state index in [1.165, 1.54) is 18.6 Å². The zero-order chi connectivity index (χ0) is 13.0. The Morgan fingerprint density at radius 2 is 2.17 bits per heavy atom. The van der Waals surface area contributed by atoms with Crippen molar-refractivity contribution in [3.8, 4) is 0 Å². The van der Waals surface area contributed by atoms with Gasteiger partial charge in [0, 0.05) is 12.4 Å². The Bertz CT molecular complexity index is 562. The zero-order valence-corrected chi connectivity index (χ0v) is 9.92. The molecule has 92 valence electrons. The topological polar surface area (TPSA) is 88.0 Å². The van der Waals surface area contributed by atoms with Gasteiger partial charge in [-0.2, -0.15) is 0 Å². The first-order valence-corrected chi connectivity index (χ1v) is 5.43. The molecule has 0 aliphatic heterocycles. The molecule has 7 heteroatoms. The highest BCUT2D eigenvalue weighted by atomic mass is 35.5. The minimum absolute atomic E-state index is 0.0110. The molecule has 2 aromatic rings. The average Bonchev–Trinajstić information content (AvgIpc) is 2.38. The van der Waals surface area contributed by atoms with Gasteiger partial charge < -0.3 is 10.4 Å². The summed E-state index contributed by atoms with van der Waals surface area (Å²) in [7, 11) is 0. The van der Waals surface area contributed by atoms with E-state index in [0.29, 0.717) is 12.4 Å². The fourth-order valence-electron chi connectivity index (χ4n) is 1.33. The normalized spacial score (nSPS) is 10.1. The number of aromatic carboxylic acids is 1. The molecule has 18 heavy (non-hydrogen) atoms. The predicted molar refractivity (Wildman–Crippen MR) is 65.6 cm³/mol. The number of nitrogens with zero attached hydrogens (tertiary/aromatic N) is 3. The third kappa shape index (κ3) is 2.72. The van der Waals surface area contributed by atoms with Crippen molar-refractivity contribution in [3.63, 3.8) is 0 Å². The Kier molecular flexibility index (Phi) is 3.69. The fourth-order valence-corrected chi connectivity index (χ4v) is 1.59. The van der Waals surface area contributed by atoms with Gasteiger partial charge >= 0.3 is 5.97 Å². The molecule has 2 N–H and O–H groups in total. The van der Waals surface area contributed by atoms with Crippen LogP contribution in [-0.4, -0.2) is 26.0 Å². The van der Waals surface area contributed by atoms with Crippen LogP contribution in [0.3, 0.4) is 0 Å². The molecule has 0 bridgehead atoms. The van der Waals surface area contributed by atoms with E-state index >= 15 is 0 Å². The van der Waals surface area contributed by atoms with Crippen LogP contribution in [0, 0.1) is 0 Å². The van der Waals surface area contributed by atoms with Gasteiger partial charge in [0.15, 0.2) is 0 Å². The minimum Gasteiger partial charge on any atom is -0.478 e. The quantitative estimate of drug-likeness (QED) is 0.876. The summed E-state index contributed by atoms with van der Waals surface area (Å²) in [5.74, 6) is -0.775. The third-order valence-corrected chi connectivity index (χ3v) is 2.58. The van der Waals surface area contributed by atoms with Crippen LogP contribution in [-0.2, 0) is 6.54 Å². The summed E-state index contributed by atoms with van der Waals surface area (Å²) in [5.41, 5.74) is 0.764.